The van der Waals surface area contributed by atoms with E-state index in [1.54, 1.807) is 24.2 Å². The molecule has 0 saturated carbocycles. The van der Waals surface area contributed by atoms with E-state index >= 15 is 0 Å². The molecule has 0 aliphatic rings. The van der Waals surface area contributed by atoms with Gasteiger partial charge in [-0.1, -0.05) is 17.3 Å². The molecule has 0 bridgehead atoms. The van der Waals surface area contributed by atoms with Crippen LogP contribution < -0.4 is 4.74 Å². The molecule has 9 heteroatoms. The van der Waals surface area contributed by atoms with Gasteiger partial charge in [-0.15, -0.1) is 5.10 Å². The smallest absolute Gasteiger partial charge is 0.192 e. The predicted molar refractivity (Wildman–Crippen MR) is 124 cm³/mol. The second-order valence-electron chi connectivity index (χ2n) is 8.01. The van der Waals surface area contributed by atoms with Crippen molar-refractivity contribution in [3.63, 3.8) is 0 Å². The van der Waals surface area contributed by atoms with Crippen molar-refractivity contribution in [3.05, 3.63) is 53.2 Å². The molecule has 0 saturated heterocycles. The van der Waals surface area contributed by atoms with E-state index in [0.29, 0.717) is 5.82 Å². The van der Waals surface area contributed by atoms with E-state index in [9.17, 15) is 0 Å². The van der Waals surface area contributed by atoms with Gasteiger partial charge in [0.25, 0.3) is 0 Å². The average Bonchev–Trinajstić information content (AvgIpc) is 3.30. The second kappa shape index (κ2) is 9.35. The number of oxime groups is 1. The summed E-state index contributed by atoms with van der Waals surface area (Å²) in [6.07, 6.45) is 4.39. The molecule has 0 radical (unpaired) electrons. The van der Waals surface area contributed by atoms with Gasteiger partial charge in [-0.25, -0.2) is 14.5 Å². The molecule has 3 aromatic heterocycles. The molecule has 4 aromatic rings. The van der Waals surface area contributed by atoms with Crippen molar-refractivity contribution in [2.75, 3.05) is 27.7 Å². The Morgan fingerprint density at radius 1 is 1.16 bits per heavy atom. The van der Waals surface area contributed by atoms with E-state index in [2.05, 4.69) is 52.6 Å². The number of methoxy groups -OCH3 is 1. The predicted octanol–water partition coefficient (Wildman–Crippen LogP) is 3.21. The molecule has 0 aliphatic carbocycles. The van der Waals surface area contributed by atoms with Crippen LogP contribution in [0.15, 0.2) is 35.7 Å². The number of hydrogen-bond donors (Lipinski definition) is 0. The number of hydrogen-bond acceptors (Lipinski definition) is 7. The maximum Gasteiger partial charge on any atom is 0.192 e. The summed E-state index contributed by atoms with van der Waals surface area (Å²) in [4.78, 5) is 17.0. The first kappa shape index (κ1) is 21.8. The summed E-state index contributed by atoms with van der Waals surface area (Å²) < 4.78 is 9.30. The summed E-state index contributed by atoms with van der Waals surface area (Å²) in [5.74, 6) is 1.29. The summed E-state index contributed by atoms with van der Waals surface area (Å²) in [6, 6.07) is 7.61. The fourth-order valence-electron chi connectivity index (χ4n) is 3.82. The Hall–Kier alpha value is -3.46. The van der Waals surface area contributed by atoms with Crippen LogP contribution in [0, 0.1) is 13.8 Å². The summed E-state index contributed by atoms with van der Waals surface area (Å²) in [6.45, 7) is 6.36. The Balaban J connectivity index is 1.55. The van der Waals surface area contributed by atoms with Crippen LogP contribution in [0.25, 0.3) is 16.7 Å². The lowest BCUT2D eigenvalue weighted by Gasteiger charge is -2.11. The van der Waals surface area contributed by atoms with Crippen LogP contribution in [0.1, 0.15) is 29.1 Å². The minimum absolute atomic E-state index is 0.163. The molecule has 0 atom stereocenters. The molecule has 0 N–H and O–H groups in total. The van der Waals surface area contributed by atoms with Crippen molar-refractivity contribution < 1.29 is 9.57 Å². The Morgan fingerprint density at radius 3 is 2.75 bits per heavy atom. The highest BCUT2D eigenvalue weighted by Gasteiger charge is 2.18. The van der Waals surface area contributed by atoms with Gasteiger partial charge in [0.05, 0.1) is 18.7 Å². The number of rotatable bonds is 9. The van der Waals surface area contributed by atoms with Gasteiger partial charge in [0.15, 0.2) is 18.1 Å². The van der Waals surface area contributed by atoms with Crippen molar-refractivity contribution in [1.82, 2.24) is 29.0 Å². The minimum atomic E-state index is 0.163. The third-order valence-electron chi connectivity index (χ3n) is 5.58. The highest BCUT2D eigenvalue weighted by Crippen LogP contribution is 2.27. The van der Waals surface area contributed by atoms with Gasteiger partial charge in [0.1, 0.15) is 17.7 Å². The van der Waals surface area contributed by atoms with Crippen molar-refractivity contribution in [2.24, 2.45) is 5.16 Å². The Bertz CT molecular complexity index is 1260. The minimum Gasteiger partial charge on any atom is -0.496 e. The highest BCUT2D eigenvalue weighted by atomic mass is 16.6. The van der Waals surface area contributed by atoms with Crippen molar-refractivity contribution in [2.45, 2.75) is 33.4 Å². The fraction of sp³-hybridized carbons (Fsp3) is 0.391. The SMILES string of the molecule is COc1ccccc1/C=N/OCc1nc2c3c(C)c(C)n(CCCN(C)C)c3ncn2n1. The largest absolute Gasteiger partial charge is 0.496 e. The number of para-hydroxylation sites is 1. The molecule has 9 nitrogen and oxygen atoms in total. The van der Waals surface area contributed by atoms with E-state index in [0.717, 1.165) is 47.5 Å². The van der Waals surface area contributed by atoms with Gasteiger partial charge in [-0.3, -0.25) is 0 Å². The third-order valence-corrected chi connectivity index (χ3v) is 5.58. The summed E-state index contributed by atoms with van der Waals surface area (Å²) in [7, 11) is 5.81. The molecular formula is C23H29N7O2. The fourth-order valence-corrected chi connectivity index (χ4v) is 3.82. The van der Waals surface area contributed by atoms with Crippen molar-refractivity contribution >= 4 is 22.9 Å². The Kier molecular flexibility index (Phi) is 6.36. The van der Waals surface area contributed by atoms with Crippen LogP contribution in [0.5, 0.6) is 5.75 Å². The molecule has 168 valence electrons. The molecule has 0 aliphatic heterocycles. The zero-order valence-electron chi connectivity index (χ0n) is 19.2. The van der Waals surface area contributed by atoms with Gasteiger partial charge >= 0.3 is 0 Å². The van der Waals surface area contributed by atoms with Gasteiger partial charge in [-0.2, -0.15) is 0 Å². The van der Waals surface area contributed by atoms with E-state index in [1.807, 2.05) is 24.3 Å². The van der Waals surface area contributed by atoms with Crippen molar-refractivity contribution in [1.29, 1.82) is 0 Å². The van der Waals surface area contributed by atoms with Gasteiger partial charge < -0.3 is 19.0 Å². The number of ether oxygens (including phenoxy) is 1. The maximum absolute atomic E-state index is 5.44. The van der Waals surface area contributed by atoms with Crippen LogP contribution in [0.3, 0.4) is 0 Å². The number of aromatic nitrogens is 5. The standard InChI is InChI=1S/C23H29N7O2/c1-16-17(2)29(12-8-11-28(3)4)22-21(16)23-26-20(27-30(23)15-24-22)14-32-25-13-18-9-6-7-10-19(18)31-5/h6-7,9-10,13,15H,8,11-12,14H2,1-5H3/b25-13+. The second-order valence-corrected chi connectivity index (χ2v) is 8.01. The molecule has 3 heterocycles. The zero-order chi connectivity index (χ0) is 22.7. The molecule has 0 amide bonds. The van der Waals surface area contributed by atoms with E-state index in [-0.39, 0.29) is 6.61 Å². The number of nitrogens with zero attached hydrogens (tertiary/aromatic N) is 7. The summed E-state index contributed by atoms with van der Waals surface area (Å²) in [5, 5.41) is 9.59. The van der Waals surface area contributed by atoms with Crippen LogP contribution in [-0.4, -0.2) is 63.0 Å². The maximum atomic E-state index is 5.44. The molecule has 1 aromatic carbocycles. The van der Waals surface area contributed by atoms with Crippen LogP contribution in [0.4, 0.5) is 0 Å². The summed E-state index contributed by atoms with van der Waals surface area (Å²) in [5.41, 5.74) is 4.96. The first-order valence-corrected chi connectivity index (χ1v) is 10.6. The quantitative estimate of drug-likeness (QED) is 0.297. The highest BCUT2D eigenvalue weighted by molar-refractivity contribution is 5.93. The Morgan fingerprint density at radius 2 is 1.97 bits per heavy atom. The third kappa shape index (κ3) is 4.29. The summed E-state index contributed by atoms with van der Waals surface area (Å²) >= 11 is 0. The van der Waals surface area contributed by atoms with E-state index < -0.39 is 0 Å². The lowest BCUT2D eigenvalue weighted by Crippen LogP contribution is -2.15. The molecule has 32 heavy (non-hydrogen) atoms. The van der Waals surface area contributed by atoms with Crippen LogP contribution in [-0.2, 0) is 18.0 Å². The first-order chi connectivity index (χ1) is 15.5. The van der Waals surface area contributed by atoms with Crippen LogP contribution >= 0.6 is 0 Å². The monoisotopic (exact) mass is 435 g/mol. The number of aryl methyl sites for hydroxylation is 2. The number of fused-ring (bicyclic) bond motifs is 3. The lowest BCUT2D eigenvalue weighted by molar-refractivity contribution is 0.126. The lowest BCUT2D eigenvalue weighted by atomic mass is 10.2. The molecule has 0 spiro atoms. The van der Waals surface area contributed by atoms with Gasteiger partial charge in [0.2, 0.25) is 0 Å². The topological polar surface area (TPSA) is 82.1 Å². The normalized spacial score (nSPS) is 11.9. The van der Waals surface area contributed by atoms with Gasteiger partial charge in [0, 0.05) is 17.8 Å². The van der Waals surface area contributed by atoms with E-state index in [4.69, 9.17) is 14.6 Å². The molecule has 4 rings (SSSR count). The number of benzene rings is 1. The molecular weight excluding hydrogens is 406 g/mol. The molecule has 0 fully saturated rings. The van der Waals surface area contributed by atoms with Crippen molar-refractivity contribution in [3.8, 4) is 5.75 Å². The molecule has 0 unspecified atom stereocenters. The Labute approximate surface area is 187 Å². The zero-order valence-corrected chi connectivity index (χ0v) is 19.2. The van der Waals surface area contributed by atoms with E-state index in [1.165, 1.54) is 11.3 Å². The first-order valence-electron chi connectivity index (χ1n) is 10.6. The van der Waals surface area contributed by atoms with Gasteiger partial charge in [-0.05, 0) is 58.6 Å². The van der Waals surface area contributed by atoms with Crippen LogP contribution in [0.2, 0.25) is 0 Å². The average molecular weight is 436 g/mol.